The third-order valence-electron chi connectivity index (χ3n) is 2.39. The van der Waals surface area contributed by atoms with Gasteiger partial charge in [0, 0.05) is 11.6 Å². The number of methoxy groups -OCH3 is 1. The minimum atomic E-state index is -3.89. The molecule has 1 rings (SSSR count). The minimum absolute atomic E-state index is 0.0893. The molecule has 0 unspecified atom stereocenters. The number of hydrogen-bond acceptors (Lipinski definition) is 5. The SMILES string of the molecule is COCCOC(=O)c1cc(S(N)(=O)=O)cc(Br)c1C. The number of halogens is 1. The van der Waals surface area contributed by atoms with E-state index in [0.717, 1.165) is 0 Å². The molecule has 0 radical (unpaired) electrons. The molecule has 1 aromatic rings. The van der Waals surface area contributed by atoms with Gasteiger partial charge in [0.15, 0.2) is 0 Å². The van der Waals surface area contributed by atoms with Gasteiger partial charge in [-0.15, -0.1) is 0 Å². The van der Waals surface area contributed by atoms with Crippen LogP contribution in [0.4, 0.5) is 0 Å². The lowest BCUT2D eigenvalue weighted by Gasteiger charge is -2.10. The number of primary sulfonamides is 1. The minimum Gasteiger partial charge on any atom is -0.460 e. The van der Waals surface area contributed by atoms with E-state index in [1.807, 2.05) is 0 Å². The van der Waals surface area contributed by atoms with Crippen molar-refractivity contribution in [1.82, 2.24) is 0 Å². The van der Waals surface area contributed by atoms with Crippen LogP contribution in [-0.2, 0) is 19.5 Å². The maximum atomic E-state index is 11.8. The highest BCUT2D eigenvalue weighted by molar-refractivity contribution is 9.10. The van der Waals surface area contributed by atoms with Crippen LogP contribution in [0.1, 0.15) is 15.9 Å². The third-order valence-corrected chi connectivity index (χ3v) is 4.10. The number of carbonyl (C=O) groups is 1. The van der Waals surface area contributed by atoms with Crippen LogP contribution in [0.3, 0.4) is 0 Å². The van der Waals surface area contributed by atoms with E-state index in [2.05, 4.69) is 15.9 Å². The van der Waals surface area contributed by atoms with Gasteiger partial charge in [0.1, 0.15) is 6.61 Å². The number of esters is 1. The van der Waals surface area contributed by atoms with Crippen LogP contribution in [0, 0.1) is 6.92 Å². The van der Waals surface area contributed by atoms with E-state index in [9.17, 15) is 13.2 Å². The topological polar surface area (TPSA) is 95.7 Å². The second-order valence-electron chi connectivity index (χ2n) is 3.75. The van der Waals surface area contributed by atoms with Crippen LogP contribution in [-0.4, -0.2) is 34.7 Å². The Morgan fingerprint density at radius 3 is 2.53 bits per heavy atom. The first kappa shape index (κ1) is 16.1. The quantitative estimate of drug-likeness (QED) is 0.635. The molecule has 8 heteroatoms. The van der Waals surface area contributed by atoms with Gasteiger partial charge in [-0.2, -0.15) is 0 Å². The van der Waals surface area contributed by atoms with Gasteiger partial charge >= 0.3 is 5.97 Å². The van der Waals surface area contributed by atoms with Crippen LogP contribution in [0.15, 0.2) is 21.5 Å². The van der Waals surface area contributed by atoms with E-state index in [1.54, 1.807) is 6.92 Å². The van der Waals surface area contributed by atoms with Crippen molar-refractivity contribution < 1.29 is 22.7 Å². The van der Waals surface area contributed by atoms with Crippen LogP contribution in [0.25, 0.3) is 0 Å². The van der Waals surface area contributed by atoms with E-state index < -0.39 is 16.0 Å². The summed E-state index contributed by atoms with van der Waals surface area (Å²) < 4.78 is 32.8. The predicted molar refractivity (Wildman–Crippen MR) is 72.4 cm³/mol. The molecule has 0 saturated heterocycles. The third kappa shape index (κ3) is 4.27. The van der Waals surface area contributed by atoms with Crippen LogP contribution < -0.4 is 5.14 Å². The molecule has 0 amide bonds. The predicted octanol–water partition coefficient (Wildman–Crippen LogP) is 1.21. The van der Waals surface area contributed by atoms with E-state index >= 15 is 0 Å². The molecule has 6 nitrogen and oxygen atoms in total. The van der Waals surface area contributed by atoms with E-state index in [4.69, 9.17) is 14.6 Å². The summed E-state index contributed by atoms with van der Waals surface area (Å²) in [6, 6.07) is 2.54. The first-order valence-corrected chi connectivity index (χ1v) is 7.60. The average Bonchev–Trinajstić information content (AvgIpc) is 2.31. The fourth-order valence-corrected chi connectivity index (χ4v) is 2.50. The molecule has 0 fully saturated rings. The summed E-state index contributed by atoms with van der Waals surface area (Å²) in [6.07, 6.45) is 0. The number of sulfonamides is 1. The molecule has 0 aliphatic heterocycles. The zero-order chi connectivity index (χ0) is 14.6. The van der Waals surface area contributed by atoms with Gasteiger partial charge < -0.3 is 9.47 Å². The van der Waals surface area contributed by atoms with Crippen molar-refractivity contribution in [3.8, 4) is 0 Å². The largest absolute Gasteiger partial charge is 0.460 e. The maximum absolute atomic E-state index is 11.8. The molecule has 0 atom stereocenters. The summed E-state index contributed by atoms with van der Waals surface area (Å²) >= 11 is 3.19. The standard InChI is InChI=1S/C11H14BrNO5S/c1-7-9(11(14)18-4-3-17-2)5-8(6-10(7)12)19(13,15)16/h5-6H,3-4H2,1-2H3,(H2,13,15,16). The second-order valence-corrected chi connectivity index (χ2v) is 6.17. The smallest absolute Gasteiger partial charge is 0.338 e. The van der Waals surface area contributed by atoms with Gasteiger partial charge in [-0.1, -0.05) is 15.9 Å². The number of rotatable bonds is 5. The van der Waals surface area contributed by atoms with Gasteiger partial charge in [-0.05, 0) is 24.6 Å². The molecule has 0 aromatic heterocycles. The molecule has 0 heterocycles. The summed E-state index contributed by atoms with van der Waals surface area (Å²) in [4.78, 5) is 11.7. The Morgan fingerprint density at radius 2 is 2.00 bits per heavy atom. The number of benzene rings is 1. The monoisotopic (exact) mass is 351 g/mol. The summed E-state index contributed by atoms with van der Waals surface area (Å²) in [7, 11) is -2.40. The van der Waals surface area contributed by atoms with Crippen molar-refractivity contribution in [2.45, 2.75) is 11.8 Å². The average molecular weight is 352 g/mol. The molecule has 0 bridgehead atoms. The van der Waals surface area contributed by atoms with E-state index in [-0.39, 0.29) is 23.7 Å². The fourth-order valence-electron chi connectivity index (χ4n) is 1.33. The Bertz CT molecular complexity index is 585. The van der Waals surface area contributed by atoms with Crippen molar-refractivity contribution in [3.63, 3.8) is 0 Å². The van der Waals surface area contributed by atoms with Crippen molar-refractivity contribution >= 4 is 31.9 Å². The van der Waals surface area contributed by atoms with Crippen LogP contribution in [0.2, 0.25) is 0 Å². The van der Waals surface area contributed by atoms with Crippen molar-refractivity contribution in [3.05, 3.63) is 27.7 Å². The van der Waals surface area contributed by atoms with Crippen molar-refractivity contribution in [1.29, 1.82) is 0 Å². The Kier molecular flexibility index (Phi) is 5.48. The number of ether oxygens (including phenoxy) is 2. The summed E-state index contributed by atoms with van der Waals surface area (Å²) in [5, 5.41) is 5.05. The first-order chi connectivity index (χ1) is 8.77. The summed E-state index contributed by atoms with van der Waals surface area (Å²) in [5.41, 5.74) is 0.726. The molecular weight excluding hydrogens is 338 g/mol. The van der Waals surface area contributed by atoms with E-state index in [0.29, 0.717) is 10.0 Å². The van der Waals surface area contributed by atoms with Crippen molar-refractivity contribution in [2.75, 3.05) is 20.3 Å². The Hall–Kier alpha value is -0.960. The van der Waals surface area contributed by atoms with E-state index in [1.165, 1.54) is 19.2 Å². The highest BCUT2D eigenvalue weighted by atomic mass is 79.9. The summed E-state index contributed by atoms with van der Waals surface area (Å²) in [5.74, 6) is -0.624. The maximum Gasteiger partial charge on any atom is 0.338 e. The lowest BCUT2D eigenvalue weighted by atomic mass is 10.1. The zero-order valence-electron chi connectivity index (χ0n) is 10.5. The zero-order valence-corrected chi connectivity index (χ0v) is 12.9. The fraction of sp³-hybridized carbons (Fsp3) is 0.364. The number of nitrogens with two attached hydrogens (primary N) is 1. The van der Waals surface area contributed by atoms with Gasteiger partial charge in [0.25, 0.3) is 0 Å². The second kappa shape index (κ2) is 6.47. The Labute approximate surface area is 120 Å². The highest BCUT2D eigenvalue weighted by Gasteiger charge is 2.18. The molecular formula is C11H14BrNO5S. The Morgan fingerprint density at radius 1 is 1.37 bits per heavy atom. The molecule has 0 saturated carbocycles. The number of hydrogen-bond donors (Lipinski definition) is 1. The van der Waals surface area contributed by atoms with Gasteiger partial charge in [-0.3, -0.25) is 0 Å². The molecule has 0 aliphatic carbocycles. The lowest BCUT2D eigenvalue weighted by molar-refractivity contribution is 0.0387. The first-order valence-electron chi connectivity index (χ1n) is 5.26. The highest BCUT2D eigenvalue weighted by Crippen LogP contribution is 2.24. The molecule has 19 heavy (non-hydrogen) atoms. The normalized spacial score (nSPS) is 11.4. The van der Waals surface area contributed by atoms with Crippen LogP contribution in [0.5, 0.6) is 0 Å². The van der Waals surface area contributed by atoms with Crippen molar-refractivity contribution in [2.24, 2.45) is 5.14 Å². The van der Waals surface area contributed by atoms with Gasteiger partial charge in [0.05, 0.1) is 17.1 Å². The summed E-state index contributed by atoms with van der Waals surface area (Å²) in [6.45, 7) is 2.02. The molecule has 0 spiro atoms. The van der Waals surface area contributed by atoms with Gasteiger partial charge in [0.2, 0.25) is 10.0 Å². The van der Waals surface area contributed by atoms with Gasteiger partial charge in [-0.25, -0.2) is 18.4 Å². The lowest BCUT2D eigenvalue weighted by Crippen LogP contribution is -2.16. The molecule has 0 aliphatic rings. The van der Waals surface area contributed by atoms with Crippen LogP contribution >= 0.6 is 15.9 Å². The molecule has 1 aromatic carbocycles. The molecule has 106 valence electrons. The molecule has 2 N–H and O–H groups in total. The Balaban J connectivity index is 3.13. The number of carbonyl (C=O) groups excluding carboxylic acids is 1.